The molecule has 0 radical (unpaired) electrons. The van der Waals surface area contributed by atoms with E-state index >= 15 is 0 Å². The molecule has 2 aromatic carbocycles. The lowest BCUT2D eigenvalue weighted by Gasteiger charge is -2.32. The van der Waals surface area contributed by atoms with Gasteiger partial charge in [-0.3, -0.25) is 0 Å². The molecule has 31 heavy (non-hydrogen) atoms. The van der Waals surface area contributed by atoms with E-state index in [9.17, 15) is 9.90 Å². The van der Waals surface area contributed by atoms with E-state index in [1.54, 1.807) is 19.9 Å². The van der Waals surface area contributed by atoms with Crippen LogP contribution in [0.1, 0.15) is 65.9 Å². The molecule has 0 saturated carbocycles. The number of aryl methyl sites for hydroxylation is 1. The molecule has 0 unspecified atom stereocenters. The first-order chi connectivity index (χ1) is 14.6. The van der Waals surface area contributed by atoms with Gasteiger partial charge in [0.05, 0.1) is 11.2 Å². The lowest BCUT2D eigenvalue weighted by molar-refractivity contribution is -0.0106. The Morgan fingerprint density at radius 3 is 2.32 bits per heavy atom. The summed E-state index contributed by atoms with van der Waals surface area (Å²) < 4.78 is 11.7. The van der Waals surface area contributed by atoms with E-state index in [2.05, 4.69) is 19.1 Å². The van der Waals surface area contributed by atoms with E-state index in [1.807, 2.05) is 44.2 Å². The fraction of sp³-hybridized carbons (Fsp3) is 0.444. The average molecular weight is 423 g/mol. The molecular weight excluding hydrogens is 388 g/mol. The number of ether oxygens (including phenoxy) is 1. The van der Waals surface area contributed by atoms with Gasteiger partial charge in [0.1, 0.15) is 16.9 Å². The van der Waals surface area contributed by atoms with Gasteiger partial charge < -0.3 is 14.3 Å². The van der Waals surface area contributed by atoms with Crippen molar-refractivity contribution in [2.75, 3.05) is 0 Å². The van der Waals surface area contributed by atoms with Crippen molar-refractivity contribution in [2.45, 2.75) is 77.9 Å². The molecule has 4 heteroatoms. The van der Waals surface area contributed by atoms with Crippen LogP contribution >= 0.6 is 0 Å². The molecule has 0 aliphatic carbocycles. The van der Waals surface area contributed by atoms with Crippen LogP contribution in [0, 0.1) is 0 Å². The van der Waals surface area contributed by atoms with Crippen LogP contribution in [-0.2, 0) is 6.42 Å². The summed E-state index contributed by atoms with van der Waals surface area (Å²) in [4.78, 5) is 12.7. The first kappa shape index (κ1) is 23.1. The Balaban J connectivity index is 1.83. The highest BCUT2D eigenvalue weighted by atomic mass is 16.5. The van der Waals surface area contributed by atoms with Crippen molar-refractivity contribution in [2.24, 2.45) is 0 Å². The van der Waals surface area contributed by atoms with Crippen LogP contribution in [0.15, 0.2) is 57.7 Å². The lowest BCUT2D eigenvalue weighted by Crippen LogP contribution is -2.37. The van der Waals surface area contributed by atoms with Crippen molar-refractivity contribution in [3.05, 3.63) is 64.5 Å². The molecule has 1 N–H and O–H groups in total. The van der Waals surface area contributed by atoms with Gasteiger partial charge in [-0.25, -0.2) is 4.79 Å². The number of hydrogen-bond donors (Lipinski definition) is 1. The molecule has 0 aliphatic rings. The number of hydrogen-bond acceptors (Lipinski definition) is 4. The van der Waals surface area contributed by atoms with Gasteiger partial charge in [0.15, 0.2) is 0 Å². The van der Waals surface area contributed by atoms with Gasteiger partial charge in [-0.2, -0.15) is 0 Å². The maximum absolute atomic E-state index is 12.7. The van der Waals surface area contributed by atoms with E-state index in [0.717, 1.165) is 17.4 Å². The van der Waals surface area contributed by atoms with Gasteiger partial charge in [-0.15, -0.1) is 0 Å². The summed E-state index contributed by atoms with van der Waals surface area (Å²) in [5, 5.41) is 11.0. The Morgan fingerprint density at radius 1 is 0.968 bits per heavy atom. The van der Waals surface area contributed by atoms with Crippen molar-refractivity contribution in [1.29, 1.82) is 0 Å². The first-order valence-electron chi connectivity index (χ1n) is 11.1. The minimum absolute atomic E-state index is 0.362. The third kappa shape index (κ3) is 6.44. The van der Waals surface area contributed by atoms with Crippen LogP contribution in [-0.4, -0.2) is 16.3 Å². The fourth-order valence-electron chi connectivity index (χ4n) is 4.18. The Bertz CT molecular complexity index is 1070. The predicted molar refractivity (Wildman–Crippen MR) is 127 cm³/mol. The molecule has 0 aliphatic heterocycles. The van der Waals surface area contributed by atoms with E-state index in [0.29, 0.717) is 23.3 Å². The summed E-state index contributed by atoms with van der Waals surface area (Å²) in [6.45, 7) is 9.59. The largest absolute Gasteiger partial charge is 0.488 e. The van der Waals surface area contributed by atoms with Gasteiger partial charge in [0.25, 0.3) is 0 Å². The zero-order chi connectivity index (χ0) is 22.6. The smallest absolute Gasteiger partial charge is 0.344 e. The third-order valence-electron chi connectivity index (χ3n) is 5.29. The van der Waals surface area contributed by atoms with Crippen molar-refractivity contribution in [1.82, 2.24) is 0 Å². The van der Waals surface area contributed by atoms with Crippen molar-refractivity contribution >= 4 is 11.0 Å². The maximum atomic E-state index is 12.7. The summed E-state index contributed by atoms with van der Waals surface area (Å²) >= 11 is 0. The quantitative estimate of drug-likeness (QED) is 0.315. The Labute approximate surface area is 184 Å². The minimum atomic E-state index is -0.840. The molecular formula is C27H34O4. The van der Waals surface area contributed by atoms with Gasteiger partial charge in [0, 0.05) is 17.9 Å². The van der Waals surface area contributed by atoms with E-state index in [-0.39, 0.29) is 5.63 Å². The van der Waals surface area contributed by atoms with Crippen molar-refractivity contribution < 1.29 is 14.3 Å². The fourth-order valence-corrected chi connectivity index (χ4v) is 4.18. The van der Waals surface area contributed by atoms with Gasteiger partial charge in [-0.1, -0.05) is 44.0 Å². The van der Waals surface area contributed by atoms with Crippen molar-refractivity contribution in [3.8, 4) is 16.9 Å². The van der Waals surface area contributed by atoms with Gasteiger partial charge in [0.2, 0.25) is 0 Å². The van der Waals surface area contributed by atoms with Crippen LogP contribution in [0.3, 0.4) is 0 Å². The lowest BCUT2D eigenvalue weighted by atomic mass is 9.92. The molecule has 1 heterocycles. The molecule has 166 valence electrons. The SMILES string of the molecule is CCCCCc1ccc(-c2cc3ccc(OC(C)(C)CC(C)(C)O)cc3oc2=O)cc1. The molecule has 0 saturated heterocycles. The summed E-state index contributed by atoms with van der Waals surface area (Å²) in [5.41, 5.74) is 1.43. The minimum Gasteiger partial charge on any atom is -0.488 e. The highest BCUT2D eigenvalue weighted by molar-refractivity contribution is 5.82. The number of unbranched alkanes of at least 4 members (excludes halogenated alkanes) is 2. The molecule has 0 atom stereocenters. The highest BCUT2D eigenvalue weighted by Gasteiger charge is 2.28. The molecule has 4 nitrogen and oxygen atoms in total. The number of fused-ring (bicyclic) bond motifs is 1. The normalized spacial score (nSPS) is 12.3. The number of rotatable bonds is 9. The van der Waals surface area contributed by atoms with Crippen LogP contribution in [0.5, 0.6) is 5.75 Å². The second-order valence-corrected chi connectivity index (χ2v) is 9.65. The van der Waals surface area contributed by atoms with Crippen LogP contribution in [0.4, 0.5) is 0 Å². The standard InChI is InChI=1S/C27H34O4/c1-6-7-8-9-19-10-12-20(13-11-19)23-16-21-14-15-22(17-24(21)30-25(23)28)31-27(4,5)18-26(2,3)29/h10-17,29H,6-9,18H2,1-5H3. The second-order valence-electron chi connectivity index (χ2n) is 9.65. The predicted octanol–water partition coefficient (Wildman–Crippen LogP) is 6.51. The van der Waals surface area contributed by atoms with Crippen molar-refractivity contribution in [3.63, 3.8) is 0 Å². The van der Waals surface area contributed by atoms with Crippen LogP contribution in [0.25, 0.3) is 22.1 Å². The molecule has 1 aromatic heterocycles. The summed E-state index contributed by atoms with van der Waals surface area (Å²) in [6, 6.07) is 15.6. The zero-order valence-electron chi connectivity index (χ0n) is 19.3. The topological polar surface area (TPSA) is 59.7 Å². The molecule has 0 spiro atoms. The molecule has 0 amide bonds. The summed E-state index contributed by atoms with van der Waals surface area (Å²) in [6.07, 6.45) is 5.16. The zero-order valence-corrected chi connectivity index (χ0v) is 19.3. The van der Waals surface area contributed by atoms with Crippen LogP contribution in [0.2, 0.25) is 0 Å². The first-order valence-corrected chi connectivity index (χ1v) is 11.1. The van der Waals surface area contributed by atoms with Gasteiger partial charge in [-0.05, 0) is 69.9 Å². The number of benzene rings is 2. The van der Waals surface area contributed by atoms with E-state index in [4.69, 9.17) is 9.15 Å². The summed E-state index contributed by atoms with van der Waals surface area (Å²) in [7, 11) is 0. The molecule has 3 rings (SSSR count). The number of aliphatic hydroxyl groups is 1. The van der Waals surface area contributed by atoms with E-state index in [1.165, 1.54) is 24.8 Å². The van der Waals surface area contributed by atoms with Crippen LogP contribution < -0.4 is 10.4 Å². The second kappa shape index (κ2) is 9.27. The summed E-state index contributed by atoms with van der Waals surface area (Å²) in [5.74, 6) is 0.606. The molecule has 0 fully saturated rings. The molecule has 0 bridgehead atoms. The monoisotopic (exact) mass is 422 g/mol. The Morgan fingerprint density at radius 2 is 1.68 bits per heavy atom. The maximum Gasteiger partial charge on any atom is 0.344 e. The Kier molecular flexibility index (Phi) is 6.90. The molecule has 3 aromatic rings. The van der Waals surface area contributed by atoms with E-state index < -0.39 is 11.2 Å². The average Bonchev–Trinajstić information content (AvgIpc) is 2.66. The Hall–Kier alpha value is -2.59. The third-order valence-corrected chi connectivity index (χ3v) is 5.29. The van der Waals surface area contributed by atoms with Gasteiger partial charge >= 0.3 is 5.63 Å². The highest BCUT2D eigenvalue weighted by Crippen LogP contribution is 2.29.